The van der Waals surface area contributed by atoms with Crippen LogP contribution in [0.3, 0.4) is 0 Å². The third-order valence-corrected chi connectivity index (χ3v) is 5.38. The van der Waals surface area contributed by atoms with Crippen LogP contribution in [0.1, 0.15) is 37.3 Å². The molecule has 8 heteroatoms. The lowest BCUT2D eigenvalue weighted by Gasteiger charge is -2.33. The predicted octanol–water partition coefficient (Wildman–Crippen LogP) is 3.39. The first-order valence-electron chi connectivity index (χ1n) is 9.49. The zero-order valence-corrected chi connectivity index (χ0v) is 17.3. The van der Waals surface area contributed by atoms with Gasteiger partial charge in [0.1, 0.15) is 6.04 Å². The fourth-order valence-corrected chi connectivity index (χ4v) is 4.05. The maximum absolute atomic E-state index is 12.7. The van der Waals surface area contributed by atoms with Crippen LogP contribution in [-0.2, 0) is 14.3 Å². The van der Waals surface area contributed by atoms with Gasteiger partial charge in [-0.3, -0.25) is 4.79 Å². The Balaban J connectivity index is 1.62. The third kappa shape index (κ3) is 4.92. The molecule has 1 atom stereocenters. The minimum absolute atomic E-state index is 0.117. The average Bonchev–Trinajstić information content (AvgIpc) is 3.15. The lowest BCUT2D eigenvalue weighted by molar-refractivity contribution is -0.155. The molecule has 1 fully saturated rings. The van der Waals surface area contributed by atoms with Crippen molar-refractivity contribution in [2.75, 3.05) is 18.9 Å². The zero-order valence-electron chi connectivity index (χ0n) is 16.4. The number of piperidine rings is 1. The van der Waals surface area contributed by atoms with Gasteiger partial charge in [-0.05, 0) is 52.2 Å². The average molecular weight is 404 g/mol. The van der Waals surface area contributed by atoms with Crippen LogP contribution in [0.5, 0.6) is 0 Å². The second-order valence-corrected chi connectivity index (χ2v) is 7.82. The molecule has 7 nitrogen and oxygen atoms in total. The number of likely N-dealkylation sites (tertiary alicyclic amines) is 1. The van der Waals surface area contributed by atoms with E-state index in [1.807, 2.05) is 26.0 Å². The number of rotatable bonds is 6. The molecule has 2 aromatic rings. The molecule has 0 unspecified atom stereocenters. The number of ether oxygens (including phenoxy) is 1. The Morgan fingerprint density at radius 1 is 1.21 bits per heavy atom. The Morgan fingerprint density at radius 3 is 2.68 bits per heavy atom. The standard InChI is InChI=1S/C20H25N3O4S/c1-4-26-19(25)16-7-5-6-8-23(16)17(24)12-28-20-22-21-18(27-20)15-10-13(2)9-14(3)11-15/h9-11,16H,4-8,12H2,1-3H3/t16-/m0/s1. The highest BCUT2D eigenvalue weighted by atomic mass is 32.2. The molecule has 1 aliphatic heterocycles. The molecule has 1 saturated heterocycles. The Bertz CT molecular complexity index is 831. The van der Waals surface area contributed by atoms with Crippen molar-refractivity contribution >= 4 is 23.6 Å². The van der Waals surface area contributed by atoms with Crippen molar-refractivity contribution in [3.63, 3.8) is 0 Å². The molecule has 0 aliphatic carbocycles. The number of benzene rings is 1. The molecule has 0 radical (unpaired) electrons. The molecule has 2 heterocycles. The topological polar surface area (TPSA) is 85.5 Å². The van der Waals surface area contributed by atoms with Gasteiger partial charge in [-0.1, -0.05) is 29.0 Å². The van der Waals surface area contributed by atoms with Crippen LogP contribution in [0, 0.1) is 13.8 Å². The van der Waals surface area contributed by atoms with E-state index in [2.05, 4.69) is 16.3 Å². The number of carbonyl (C=O) groups excluding carboxylic acids is 2. The molecule has 0 N–H and O–H groups in total. The monoisotopic (exact) mass is 403 g/mol. The van der Waals surface area contributed by atoms with Crippen molar-refractivity contribution in [2.45, 2.75) is 51.3 Å². The van der Waals surface area contributed by atoms with Gasteiger partial charge in [-0.2, -0.15) is 0 Å². The first-order chi connectivity index (χ1) is 13.5. The smallest absolute Gasteiger partial charge is 0.328 e. The van der Waals surface area contributed by atoms with Gasteiger partial charge in [0.2, 0.25) is 11.8 Å². The number of carbonyl (C=O) groups is 2. The normalized spacial score (nSPS) is 16.8. The van der Waals surface area contributed by atoms with E-state index in [4.69, 9.17) is 9.15 Å². The molecule has 0 bridgehead atoms. The maximum Gasteiger partial charge on any atom is 0.328 e. The van der Waals surface area contributed by atoms with E-state index in [0.717, 1.165) is 29.5 Å². The van der Waals surface area contributed by atoms with Gasteiger partial charge in [0.15, 0.2) is 0 Å². The lowest BCUT2D eigenvalue weighted by Crippen LogP contribution is -2.49. The molecule has 1 amide bonds. The lowest BCUT2D eigenvalue weighted by atomic mass is 10.0. The largest absolute Gasteiger partial charge is 0.464 e. The van der Waals surface area contributed by atoms with Crippen LogP contribution in [0.25, 0.3) is 11.5 Å². The summed E-state index contributed by atoms with van der Waals surface area (Å²) >= 11 is 1.19. The van der Waals surface area contributed by atoms with Crippen LogP contribution < -0.4 is 0 Å². The summed E-state index contributed by atoms with van der Waals surface area (Å²) in [7, 11) is 0. The summed E-state index contributed by atoms with van der Waals surface area (Å²) in [6.07, 6.45) is 2.46. The van der Waals surface area contributed by atoms with E-state index in [9.17, 15) is 9.59 Å². The number of nitrogens with zero attached hydrogens (tertiary/aromatic N) is 3. The number of thioether (sulfide) groups is 1. The minimum atomic E-state index is -0.490. The number of esters is 1. The summed E-state index contributed by atoms with van der Waals surface area (Å²) in [6.45, 7) is 6.68. The van der Waals surface area contributed by atoms with E-state index in [0.29, 0.717) is 30.7 Å². The fourth-order valence-electron chi connectivity index (χ4n) is 3.40. The molecule has 150 valence electrons. The molecule has 1 aliphatic rings. The van der Waals surface area contributed by atoms with E-state index in [1.54, 1.807) is 11.8 Å². The minimum Gasteiger partial charge on any atom is -0.464 e. The van der Waals surface area contributed by atoms with Crippen molar-refractivity contribution < 1.29 is 18.7 Å². The van der Waals surface area contributed by atoms with Gasteiger partial charge in [0.25, 0.3) is 5.22 Å². The fraction of sp³-hybridized carbons (Fsp3) is 0.500. The second-order valence-electron chi connectivity index (χ2n) is 6.89. The number of aromatic nitrogens is 2. The molecule has 0 spiro atoms. The summed E-state index contributed by atoms with van der Waals surface area (Å²) < 4.78 is 10.8. The Hall–Kier alpha value is -2.35. The quantitative estimate of drug-likeness (QED) is 0.540. The molecule has 0 saturated carbocycles. The van der Waals surface area contributed by atoms with Gasteiger partial charge < -0.3 is 14.1 Å². The van der Waals surface area contributed by atoms with Gasteiger partial charge in [-0.15, -0.1) is 10.2 Å². The van der Waals surface area contributed by atoms with E-state index >= 15 is 0 Å². The molecular formula is C20H25N3O4S. The summed E-state index contributed by atoms with van der Waals surface area (Å²) in [5.41, 5.74) is 3.10. The summed E-state index contributed by atoms with van der Waals surface area (Å²) in [6, 6.07) is 5.55. The van der Waals surface area contributed by atoms with Crippen LogP contribution >= 0.6 is 11.8 Å². The SMILES string of the molecule is CCOC(=O)[C@@H]1CCCCN1C(=O)CSc1nnc(-c2cc(C)cc(C)c2)o1. The number of aryl methyl sites for hydroxylation is 2. The van der Waals surface area contributed by atoms with E-state index in [-0.39, 0.29) is 17.6 Å². The molecule has 3 rings (SSSR count). The highest BCUT2D eigenvalue weighted by Crippen LogP contribution is 2.26. The second kappa shape index (κ2) is 9.23. The van der Waals surface area contributed by atoms with Crippen LogP contribution in [0.15, 0.2) is 27.8 Å². The maximum atomic E-state index is 12.7. The van der Waals surface area contributed by atoms with Crippen molar-refractivity contribution in [1.29, 1.82) is 0 Å². The molecular weight excluding hydrogens is 378 g/mol. The van der Waals surface area contributed by atoms with Crippen molar-refractivity contribution in [2.24, 2.45) is 0 Å². The van der Waals surface area contributed by atoms with Crippen LogP contribution in [0.2, 0.25) is 0 Å². The van der Waals surface area contributed by atoms with Gasteiger partial charge in [-0.25, -0.2) is 4.79 Å². The first kappa shape index (κ1) is 20.4. The zero-order chi connectivity index (χ0) is 20.1. The van der Waals surface area contributed by atoms with Crippen LogP contribution in [0.4, 0.5) is 0 Å². The first-order valence-corrected chi connectivity index (χ1v) is 10.5. The van der Waals surface area contributed by atoms with Crippen molar-refractivity contribution in [1.82, 2.24) is 15.1 Å². The van der Waals surface area contributed by atoms with E-state index < -0.39 is 6.04 Å². The van der Waals surface area contributed by atoms with E-state index in [1.165, 1.54) is 11.8 Å². The highest BCUT2D eigenvalue weighted by molar-refractivity contribution is 7.99. The Morgan fingerprint density at radius 2 is 1.96 bits per heavy atom. The number of hydrogen-bond donors (Lipinski definition) is 0. The highest BCUT2D eigenvalue weighted by Gasteiger charge is 2.33. The Labute approximate surface area is 168 Å². The summed E-state index contributed by atoms with van der Waals surface area (Å²) in [5.74, 6) is 0.137. The third-order valence-electron chi connectivity index (χ3n) is 4.58. The molecule has 1 aromatic carbocycles. The number of hydrogen-bond acceptors (Lipinski definition) is 7. The summed E-state index contributed by atoms with van der Waals surface area (Å²) in [5, 5.41) is 8.47. The van der Waals surface area contributed by atoms with Crippen molar-refractivity contribution in [3.05, 3.63) is 29.3 Å². The Kier molecular flexibility index (Phi) is 6.72. The van der Waals surface area contributed by atoms with Crippen LogP contribution in [-0.4, -0.2) is 51.9 Å². The van der Waals surface area contributed by atoms with Gasteiger partial charge in [0.05, 0.1) is 12.4 Å². The number of amides is 1. The van der Waals surface area contributed by atoms with Crippen molar-refractivity contribution in [3.8, 4) is 11.5 Å². The van der Waals surface area contributed by atoms with Gasteiger partial charge >= 0.3 is 5.97 Å². The molecule has 28 heavy (non-hydrogen) atoms. The molecule has 1 aromatic heterocycles. The summed E-state index contributed by atoms with van der Waals surface area (Å²) in [4.78, 5) is 26.4. The van der Waals surface area contributed by atoms with Gasteiger partial charge in [0, 0.05) is 12.1 Å². The predicted molar refractivity (Wildman–Crippen MR) is 106 cm³/mol.